The third-order valence-corrected chi connectivity index (χ3v) is 6.96. The minimum absolute atomic E-state index is 0. The monoisotopic (exact) mass is 427 g/mol. The molecule has 2 aliphatic heterocycles. The topological polar surface area (TPSA) is 6.25 Å². The Labute approximate surface area is 195 Å². The maximum absolute atomic E-state index is 2.44. The Morgan fingerprint density at radius 2 is 1.47 bits per heavy atom. The smallest absolute Gasteiger partial charge is 0.209 e. The zero-order valence-corrected chi connectivity index (χ0v) is 19.8. The van der Waals surface area contributed by atoms with Crippen LogP contribution in [0.5, 0.6) is 0 Å². The van der Waals surface area contributed by atoms with E-state index in [9.17, 15) is 0 Å². The van der Waals surface area contributed by atoms with Gasteiger partial charge in [-0.3, -0.25) is 0 Å². The molecule has 0 aromatic heterocycles. The Morgan fingerprint density at radius 3 is 2.16 bits per heavy atom. The maximum atomic E-state index is 2.44. The van der Waals surface area contributed by atoms with Gasteiger partial charge >= 0.3 is 0 Å². The fourth-order valence-electron chi connectivity index (χ4n) is 5.32. The molecule has 4 rings (SSSR count). The Kier molecular flexibility index (Phi) is 6.64. The van der Waals surface area contributed by atoms with Crippen LogP contribution < -0.4 is 4.90 Å². The van der Waals surface area contributed by atoms with Crippen molar-refractivity contribution in [3.63, 3.8) is 0 Å². The minimum Gasteiger partial charge on any atom is -0.344 e. The van der Waals surface area contributed by atoms with Crippen molar-refractivity contribution in [3.05, 3.63) is 95.7 Å². The van der Waals surface area contributed by atoms with Crippen molar-refractivity contribution in [2.24, 2.45) is 0 Å². The molecule has 0 N–H and O–H groups in total. The average Bonchev–Trinajstić information content (AvgIpc) is 3.12. The van der Waals surface area contributed by atoms with E-state index in [1.165, 1.54) is 33.9 Å². The molecule has 0 unspecified atom stereocenters. The van der Waals surface area contributed by atoms with E-state index in [0.29, 0.717) is 0 Å². The first kappa shape index (κ1) is 23.8. The summed E-state index contributed by atoms with van der Waals surface area (Å²) >= 11 is 0. The standard InChI is InChI=1S/C29H35N2.CH4/c1-7-30-24-18-14-12-16-22(24)28(3,4)26(30)20-10-9-11-21-27-29(5,6)23-17-13-15-19-25(23)31(27)8-2;/h9-21H,7-8H2,1-6H3;1H4/q+1;. The molecule has 2 heteroatoms. The predicted octanol–water partition coefficient (Wildman–Crippen LogP) is 7.53. The van der Waals surface area contributed by atoms with Crippen molar-refractivity contribution in [2.45, 2.75) is 59.8 Å². The molecule has 2 aromatic carbocycles. The van der Waals surface area contributed by atoms with Crippen LogP contribution in [0.2, 0.25) is 0 Å². The Bertz CT molecular complexity index is 1110. The van der Waals surface area contributed by atoms with Gasteiger partial charge in [-0.1, -0.05) is 75.9 Å². The predicted molar refractivity (Wildman–Crippen MR) is 141 cm³/mol. The molecule has 0 fully saturated rings. The molecule has 2 aromatic rings. The van der Waals surface area contributed by atoms with Gasteiger partial charge in [-0.25, -0.2) is 0 Å². The van der Waals surface area contributed by atoms with E-state index in [4.69, 9.17) is 0 Å². The first-order valence-corrected chi connectivity index (χ1v) is 11.5. The summed E-state index contributed by atoms with van der Waals surface area (Å²) in [5, 5.41) is 0. The Hall–Kier alpha value is -2.87. The van der Waals surface area contributed by atoms with E-state index in [1.807, 2.05) is 0 Å². The number of para-hydroxylation sites is 2. The number of fused-ring (bicyclic) bond motifs is 2. The van der Waals surface area contributed by atoms with Gasteiger partial charge in [0.2, 0.25) is 5.69 Å². The second kappa shape index (κ2) is 8.94. The number of likely N-dealkylation sites (N-methyl/N-ethyl adjacent to an activating group) is 1. The summed E-state index contributed by atoms with van der Waals surface area (Å²) in [7, 11) is 0. The fourth-order valence-corrected chi connectivity index (χ4v) is 5.32. The summed E-state index contributed by atoms with van der Waals surface area (Å²) in [5.74, 6) is 0. The van der Waals surface area contributed by atoms with E-state index in [2.05, 4.69) is 130 Å². The van der Waals surface area contributed by atoms with Crippen molar-refractivity contribution >= 4 is 17.1 Å². The molecule has 168 valence electrons. The minimum atomic E-state index is 0. The van der Waals surface area contributed by atoms with Gasteiger partial charge in [0.05, 0.1) is 5.41 Å². The van der Waals surface area contributed by atoms with Crippen LogP contribution in [-0.4, -0.2) is 23.4 Å². The molecule has 0 atom stereocenters. The number of hydrogen-bond acceptors (Lipinski definition) is 1. The van der Waals surface area contributed by atoms with Gasteiger partial charge in [0, 0.05) is 41.1 Å². The van der Waals surface area contributed by atoms with Crippen LogP contribution in [0.4, 0.5) is 11.4 Å². The van der Waals surface area contributed by atoms with E-state index in [-0.39, 0.29) is 18.3 Å². The number of hydrogen-bond donors (Lipinski definition) is 0. The van der Waals surface area contributed by atoms with E-state index in [1.54, 1.807) is 0 Å². The maximum Gasteiger partial charge on any atom is 0.209 e. The number of anilines is 1. The SMILES string of the molecule is C.CCN1C(=CC=CC=CC2=[N+](CC)c3ccccc3C2(C)C)C(C)(C)c2ccccc21. The van der Waals surface area contributed by atoms with E-state index >= 15 is 0 Å². The van der Waals surface area contributed by atoms with Crippen molar-refractivity contribution in [3.8, 4) is 0 Å². The van der Waals surface area contributed by atoms with E-state index < -0.39 is 0 Å². The lowest BCUT2D eigenvalue weighted by Gasteiger charge is -2.25. The molecular weight excluding hydrogens is 388 g/mol. The highest BCUT2D eigenvalue weighted by Gasteiger charge is 2.43. The summed E-state index contributed by atoms with van der Waals surface area (Å²) in [6.07, 6.45) is 11.1. The summed E-state index contributed by atoms with van der Waals surface area (Å²) < 4.78 is 2.44. The fraction of sp³-hybridized carbons (Fsp3) is 0.367. The second-order valence-corrected chi connectivity index (χ2v) is 9.45. The van der Waals surface area contributed by atoms with Gasteiger partial charge in [-0.05, 0) is 45.4 Å². The number of allylic oxidation sites excluding steroid dienone is 6. The molecule has 0 bridgehead atoms. The Morgan fingerprint density at radius 1 is 0.812 bits per heavy atom. The Balaban J connectivity index is 0.00000289. The van der Waals surface area contributed by atoms with Gasteiger partial charge in [0.25, 0.3) is 0 Å². The van der Waals surface area contributed by atoms with Crippen LogP contribution in [0.1, 0.15) is 60.1 Å². The highest BCUT2D eigenvalue weighted by Crippen LogP contribution is 2.47. The number of nitrogens with zero attached hydrogens (tertiary/aromatic N) is 2. The van der Waals surface area contributed by atoms with Crippen LogP contribution in [0, 0.1) is 0 Å². The molecule has 0 saturated carbocycles. The second-order valence-electron chi connectivity index (χ2n) is 9.45. The highest BCUT2D eigenvalue weighted by molar-refractivity contribution is 6.03. The lowest BCUT2D eigenvalue weighted by atomic mass is 9.81. The molecule has 0 saturated heterocycles. The zero-order chi connectivity index (χ0) is 22.2. The van der Waals surface area contributed by atoms with Crippen molar-refractivity contribution < 1.29 is 4.58 Å². The van der Waals surface area contributed by atoms with Crippen LogP contribution in [-0.2, 0) is 10.8 Å². The van der Waals surface area contributed by atoms with Gasteiger partial charge in [-0.15, -0.1) is 0 Å². The molecule has 32 heavy (non-hydrogen) atoms. The average molecular weight is 428 g/mol. The molecule has 2 nitrogen and oxygen atoms in total. The third-order valence-electron chi connectivity index (χ3n) is 6.96. The zero-order valence-electron chi connectivity index (χ0n) is 19.8. The van der Waals surface area contributed by atoms with Gasteiger partial charge in [0.1, 0.15) is 6.54 Å². The normalized spacial score (nSPS) is 19.7. The summed E-state index contributed by atoms with van der Waals surface area (Å²) in [5.41, 5.74) is 8.25. The molecule has 0 spiro atoms. The van der Waals surface area contributed by atoms with Gasteiger partial charge < -0.3 is 4.90 Å². The van der Waals surface area contributed by atoms with Crippen molar-refractivity contribution in [1.82, 2.24) is 0 Å². The van der Waals surface area contributed by atoms with Crippen LogP contribution in [0.3, 0.4) is 0 Å². The quantitative estimate of drug-likeness (QED) is 0.353. The molecule has 2 aliphatic rings. The lowest BCUT2D eigenvalue weighted by molar-refractivity contribution is -0.433. The third kappa shape index (κ3) is 3.66. The first-order valence-electron chi connectivity index (χ1n) is 11.5. The van der Waals surface area contributed by atoms with Crippen molar-refractivity contribution in [1.29, 1.82) is 0 Å². The van der Waals surface area contributed by atoms with Crippen LogP contribution in [0.25, 0.3) is 0 Å². The summed E-state index contributed by atoms with van der Waals surface area (Å²) in [4.78, 5) is 2.44. The number of rotatable bonds is 5. The molecule has 2 heterocycles. The molecule has 0 radical (unpaired) electrons. The molecule has 0 amide bonds. The van der Waals surface area contributed by atoms with Crippen LogP contribution >= 0.6 is 0 Å². The van der Waals surface area contributed by atoms with Gasteiger partial charge in [-0.2, -0.15) is 4.58 Å². The first-order chi connectivity index (χ1) is 14.8. The molecular formula is C30H39N2+. The number of benzene rings is 2. The van der Waals surface area contributed by atoms with E-state index in [0.717, 1.165) is 13.1 Å². The van der Waals surface area contributed by atoms with Gasteiger partial charge in [0.15, 0.2) is 5.71 Å². The van der Waals surface area contributed by atoms with Crippen LogP contribution in [0.15, 0.2) is 84.6 Å². The highest BCUT2D eigenvalue weighted by atomic mass is 15.2. The van der Waals surface area contributed by atoms with Crippen molar-refractivity contribution in [2.75, 3.05) is 18.0 Å². The summed E-state index contributed by atoms with van der Waals surface area (Å²) in [6.45, 7) is 15.7. The largest absolute Gasteiger partial charge is 0.344 e. The lowest BCUT2D eigenvalue weighted by Crippen LogP contribution is -2.27. The molecule has 0 aliphatic carbocycles. The summed E-state index contributed by atoms with van der Waals surface area (Å²) in [6, 6.07) is 17.6.